The maximum atomic E-state index is 5.34. The predicted octanol–water partition coefficient (Wildman–Crippen LogP) is 3.08. The maximum absolute atomic E-state index is 5.34. The monoisotopic (exact) mass is 290 g/mol. The molecule has 2 aromatic rings. The number of ether oxygens (including phenoxy) is 2. The Labute approximate surface area is 122 Å². The summed E-state index contributed by atoms with van der Waals surface area (Å²) in [5.74, 6) is 1.49. The van der Waals surface area contributed by atoms with E-state index in [1.54, 1.807) is 25.6 Å². The SMILES string of the molecule is COc1ccc(-c2cnc(CNC3CC3)s2)cc1OC. The third-order valence-electron chi connectivity index (χ3n) is 3.34. The van der Waals surface area contributed by atoms with Gasteiger partial charge in [-0.2, -0.15) is 0 Å². The van der Waals surface area contributed by atoms with E-state index < -0.39 is 0 Å². The van der Waals surface area contributed by atoms with E-state index in [0.29, 0.717) is 6.04 Å². The highest BCUT2D eigenvalue weighted by Crippen LogP contribution is 2.34. The van der Waals surface area contributed by atoms with Crippen LogP contribution in [0, 0.1) is 0 Å². The lowest BCUT2D eigenvalue weighted by Gasteiger charge is -2.08. The van der Waals surface area contributed by atoms with Crippen molar-refractivity contribution < 1.29 is 9.47 Å². The Morgan fingerprint density at radius 2 is 2.05 bits per heavy atom. The summed E-state index contributed by atoms with van der Waals surface area (Å²) in [6.45, 7) is 0.864. The Hall–Kier alpha value is -1.59. The number of nitrogens with zero attached hydrogens (tertiary/aromatic N) is 1. The summed E-state index contributed by atoms with van der Waals surface area (Å²) in [5.41, 5.74) is 1.11. The van der Waals surface area contributed by atoms with Gasteiger partial charge in [-0.05, 0) is 36.6 Å². The third kappa shape index (κ3) is 2.94. The van der Waals surface area contributed by atoms with Gasteiger partial charge in [0.2, 0.25) is 0 Å². The average Bonchev–Trinajstić information content (AvgIpc) is 3.21. The second kappa shape index (κ2) is 5.81. The highest BCUT2D eigenvalue weighted by molar-refractivity contribution is 7.15. The molecule has 1 aliphatic carbocycles. The van der Waals surface area contributed by atoms with Gasteiger partial charge in [-0.3, -0.25) is 0 Å². The van der Waals surface area contributed by atoms with E-state index in [2.05, 4.69) is 10.3 Å². The Morgan fingerprint density at radius 1 is 1.25 bits per heavy atom. The van der Waals surface area contributed by atoms with Crippen LogP contribution in [0.2, 0.25) is 0 Å². The number of thiazole rings is 1. The van der Waals surface area contributed by atoms with Gasteiger partial charge in [-0.1, -0.05) is 0 Å². The van der Waals surface area contributed by atoms with Crippen molar-refractivity contribution in [2.45, 2.75) is 25.4 Å². The molecule has 0 unspecified atom stereocenters. The highest BCUT2D eigenvalue weighted by Gasteiger charge is 2.20. The molecule has 0 spiro atoms. The summed E-state index contributed by atoms with van der Waals surface area (Å²) in [4.78, 5) is 5.63. The first-order valence-corrected chi connectivity index (χ1v) is 7.52. The van der Waals surface area contributed by atoms with E-state index >= 15 is 0 Å². The van der Waals surface area contributed by atoms with Crippen molar-refractivity contribution in [2.75, 3.05) is 14.2 Å². The summed E-state index contributed by atoms with van der Waals surface area (Å²) in [6.07, 6.45) is 4.53. The fraction of sp³-hybridized carbons (Fsp3) is 0.400. The maximum Gasteiger partial charge on any atom is 0.161 e. The first kappa shape index (κ1) is 13.4. The van der Waals surface area contributed by atoms with Crippen LogP contribution < -0.4 is 14.8 Å². The minimum atomic E-state index is 0.712. The molecule has 1 heterocycles. The van der Waals surface area contributed by atoms with E-state index in [4.69, 9.17) is 9.47 Å². The number of methoxy groups -OCH3 is 2. The predicted molar refractivity (Wildman–Crippen MR) is 80.5 cm³/mol. The molecule has 0 amide bonds. The van der Waals surface area contributed by atoms with Crippen LogP contribution >= 0.6 is 11.3 Å². The second-order valence-corrected chi connectivity index (χ2v) is 5.96. The van der Waals surface area contributed by atoms with Crippen molar-refractivity contribution in [1.82, 2.24) is 10.3 Å². The van der Waals surface area contributed by atoms with Gasteiger partial charge >= 0.3 is 0 Å². The molecule has 0 aliphatic heterocycles. The largest absolute Gasteiger partial charge is 0.493 e. The van der Waals surface area contributed by atoms with Gasteiger partial charge in [-0.15, -0.1) is 11.3 Å². The van der Waals surface area contributed by atoms with Crippen LogP contribution in [0.25, 0.3) is 10.4 Å². The lowest BCUT2D eigenvalue weighted by molar-refractivity contribution is 0.355. The number of hydrogen-bond donors (Lipinski definition) is 1. The zero-order chi connectivity index (χ0) is 13.9. The average molecular weight is 290 g/mol. The summed E-state index contributed by atoms with van der Waals surface area (Å²) >= 11 is 1.72. The molecular weight excluding hydrogens is 272 g/mol. The molecule has 0 radical (unpaired) electrons. The van der Waals surface area contributed by atoms with Gasteiger partial charge in [0.15, 0.2) is 11.5 Å². The Balaban J connectivity index is 1.77. The number of rotatable bonds is 6. The van der Waals surface area contributed by atoms with E-state index in [0.717, 1.165) is 33.5 Å². The molecule has 1 fully saturated rings. The minimum absolute atomic E-state index is 0.712. The Bertz CT molecular complexity index is 593. The number of nitrogens with one attached hydrogen (secondary N) is 1. The van der Waals surface area contributed by atoms with Crippen LogP contribution in [-0.4, -0.2) is 25.2 Å². The standard InChI is InChI=1S/C15H18N2O2S/c1-18-12-6-3-10(7-13(12)19-2)14-8-17-15(20-14)9-16-11-4-5-11/h3,6-8,11,16H,4-5,9H2,1-2H3. The molecule has 0 bridgehead atoms. The first-order valence-electron chi connectivity index (χ1n) is 6.70. The van der Waals surface area contributed by atoms with Crippen molar-refractivity contribution in [3.8, 4) is 21.9 Å². The van der Waals surface area contributed by atoms with Crippen LogP contribution in [0.4, 0.5) is 0 Å². The van der Waals surface area contributed by atoms with Gasteiger partial charge in [0, 0.05) is 18.8 Å². The third-order valence-corrected chi connectivity index (χ3v) is 4.39. The molecular formula is C15H18N2O2S. The van der Waals surface area contributed by atoms with Crippen LogP contribution in [0.15, 0.2) is 24.4 Å². The molecule has 5 heteroatoms. The highest BCUT2D eigenvalue weighted by atomic mass is 32.1. The molecule has 1 N–H and O–H groups in total. The zero-order valence-corrected chi connectivity index (χ0v) is 12.5. The minimum Gasteiger partial charge on any atom is -0.493 e. The van der Waals surface area contributed by atoms with Gasteiger partial charge in [0.25, 0.3) is 0 Å². The molecule has 1 saturated carbocycles. The van der Waals surface area contributed by atoms with Crippen LogP contribution in [0.1, 0.15) is 17.8 Å². The Kier molecular flexibility index (Phi) is 3.89. The molecule has 20 heavy (non-hydrogen) atoms. The lowest BCUT2D eigenvalue weighted by atomic mass is 10.2. The zero-order valence-electron chi connectivity index (χ0n) is 11.7. The smallest absolute Gasteiger partial charge is 0.161 e. The normalized spacial score (nSPS) is 14.3. The van der Waals surface area contributed by atoms with Crippen molar-refractivity contribution in [3.63, 3.8) is 0 Å². The molecule has 0 saturated heterocycles. The van der Waals surface area contributed by atoms with Gasteiger partial charge in [0.1, 0.15) is 5.01 Å². The fourth-order valence-electron chi connectivity index (χ4n) is 2.03. The summed E-state index contributed by atoms with van der Waals surface area (Å²) < 4.78 is 10.6. The van der Waals surface area contributed by atoms with E-state index in [9.17, 15) is 0 Å². The number of benzene rings is 1. The number of hydrogen-bond acceptors (Lipinski definition) is 5. The second-order valence-electron chi connectivity index (χ2n) is 4.84. The summed E-state index contributed by atoms with van der Waals surface area (Å²) in [5, 5.41) is 4.61. The Morgan fingerprint density at radius 3 is 2.75 bits per heavy atom. The molecule has 1 aliphatic rings. The summed E-state index contributed by atoms with van der Waals surface area (Å²) in [6, 6.07) is 6.66. The first-order chi connectivity index (χ1) is 9.80. The molecule has 0 atom stereocenters. The molecule has 1 aromatic carbocycles. The molecule has 3 rings (SSSR count). The number of aromatic nitrogens is 1. The van der Waals surface area contributed by atoms with Gasteiger partial charge in [-0.25, -0.2) is 4.98 Å². The summed E-state index contributed by atoms with van der Waals surface area (Å²) in [7, 11) is 3.30. The molecule has 106 valence electrons. The van der Waals surface area contributed by atoms with Crippen molar-refractivity contribution in [3.05, 3.63) is 29.4 Å². The van der Waals surface area contributed by atoms with E-state index in [1.165, 1.54) is 12.8 Å². The van der Waals surface area contributed by atoms with Crippen LogP contribution in [0.5, 0.6) is 11.5 Å². The van der Waals surface area contributed by atoms with Crippen molar-refractivity contribution in [1.29, 1.82) is 0 Å². The van der Waals surface area contributed by atoms with Gasteiger partial charge in [0.05, 0.1) is 19.1 Å². The van der Waals surface area contributed by atoms with Gasteiger partial charge < -0.3 is 14.8 Å². The van der Waals surface area contributed by atoms with Crippen molar-refractivity contribution in [2.24, 2.45) is 0 Å². The van der Waals surface area contributed by atoms with E-state index in [-0.39, 0.29) is 0 Å². The quantitative estimate of drug-likeness (QED) is 0.888. The van der Waals surface area contributed by atoms with Crippen molar-refractivity contribution >= 4 is 11.3 Å². The topological polar surface area (TPSA) is 43.4 Å². The lowest BCUT2D eigenvalue weighted by Crippen LogP contribution is -2.14. The van der Waals surface area contributed by atoms with E-state index in [1.807, 2.05) is 24.4 Å². The molecule has 4 nitrogen and oxygen atoms in total. The molecule has 1 aromatic heterocycles. The van der Waals surface area contributed by atoms with Crippen LogP contribution in [0.3, 0.4) is 0 Å². The van der Waals surface area contributed by atoms with Crippen LogP contribution in [-0.2, 0) is 6.54 Å². The fourth-order valence-corrected chi connectivity index (χ4v) is 2.90.